The Balaban J connectivity index is 1.84. The maximum absolute atomic E-state index is 13.7. The molecule has 7 nitrogen and oxygen atoms in total. The van der Waals surface area contributed by atoms with E-state index < -0.39 is 12.0 Å². The summed E-state index contributed by atoms with van der Waals surface area (Å²) in [6.45, 7) is 4.72. The summed E-state index contributed by atoms with van der Waals surface area (Å²) in [7, 11) is 1.53. The Morgan fingerprint density at radius 3 is 2.54 bits per heavy atom. The van der Waals surface area contributed by atoms with E-state index in [1.807, 2.05) is 31.2 Å². The molecule has 1 unspecified atom stereocenters. The lowest BCUT2D eigenvalue weighted by Gasteiger charge is -2.25. The van der Waals surface area contributed by atoms with Crippen LogP contribution in [-0.4, -0.2) is 37.5 Å². The molecule has 1 aliphatic rings. The van der Waals surface area contributed by atoms with Crippen LogP contribution < -0.4 is 19.6 Å². The van der Waals surface area contributed by atoms with Gasteiger partial charge in [-0.1, -0.05) is 59.7 Å². The van der Waals surface area contributed by atoms with E-state index in [1.54, 1.807) is 31.2 Å². The number of thiazole rings is 1. The van der Waals surface area contributed by atoms with Crippen molar-refractivity contribution in [1.29, 1.82) is 0 Å². The average molecular weight is 561 g/mol. The van der Waals surface area contributed by atoms with E-state index in [2.05, 4.69) is 4.99 Å². The van der Waals surface area contributed by atoms with Gasteiger partial charge in [-0.05, 0) is 54.8 Å². The van der Waals surface area contributed by atoms with Crippen molar-refractivity contribution < 1.29 is 19.0 Å². The topological polar surface area (TPSA) is 79.1 Å². The standard InChI is InChI=1S/C27H26Cl2N2O5S/c1-4-11-35-19-8-6-18(7-9-19)24-23(26(33)36-13-12-34-3)16(2)30-27-31(24)25(32)22(37-27)15-17-5-10-20(28)21(29)14-17/h5-10,14-15,24H,4,11-13H2,1-3H3/b22-15-. The molecule has 1 aromatic heterocycles. The van der Waals surface area contributed by atoms with Crippen LogP contribution in [0, 0.1) is 0 Å². The first-order chi connectivity index (χ1) is 17.8. The predicted molar refractivity (Wildman–Crippen MR) is 145 cm³/mol. The highest BCUT2D eigenvalue weighted by atomic mass is 35.5. The number of methoxy groups -OCH3 is 1. The number of nitrogens with zero attached hydrogens (tertiary/aromatic N) is 2. The molecule has 0 saturated heterocycles. The van der Waals surface area contributed by atoms with Crippen LogP contribution in [0.25, 0.3) is 6.08 Å². The number of rotatable bonds is 9. The van der Waals surface area contributed by atoms with Crippen molar-refractivity contribution in [2.24, 2.45) is 4.99 Å². The summed E-state index contributed by atoms with van der Waals surface area (Å²) in [5, 5.41) is 0.822. The third-order valence-corrected chi connectivity index (χ3v) is 7.39. The zero-order valence-electron chi connectivity index (χ0n) is 20.6. The van der Waals surface area contributed by atoms with Crippen LogP contribution in [-0.2, 0) is 14.3 Å². The van der Waals surface area contributed by atoms with Crippen molar-refractivity contribution >= 4 is 46.6 Å². The molecule has 0 aliphatic carbocycles. The van der Waals surface area contributed by atoms with Crippen molar-refractivity contribution in [3.8, 4) is 5.75 Å². The maximum atomic E-state index is 13.7. The monoisotopic (exact) mass is 560 g/mol. The molecule has 1 atom stereocenters. The third-order valence-electron chi connectivity index (χ3n) is 5.67. The Hall–Kier alpha value is -2.91. The number of carbonyl (C=O) groups excluding carboxylic acids is 1. The smallest absolute Gasteiger partial charge is 0.338 e. The third kappa shape index (κ3) is 5.99. The lowest BCUT2D eigenvalue weighted by molar-refractivity contribution is -0.140. The van der Waals surface area contributed by atoms with E-state index >= 15 is 0 Å². The average Bonchev–Trinajstić information content (AvgIpc) is 3.18. The largest absolute Gasteiger partial charge is 0.494 e. The predicted octanol–water partition coefficient (Wildman–Crippen LogP) is 4.52. The number of ether oxygens (including phenoxy) is 3. The van der Waals surface area contributed by atoms with Gasteiger partial charge in [0.25, 0.3) is 5.56 Å². The summed E-state index contributed by atoms with van der Waals surface area (Å²) in [4.78, 5) is 32.0. The van der Waals surface area contributed by atoms with Gasteiger partial charge in [-0.2, -0.15) is 0 Å². The van der Waals surface area contributed by atoms with Crippen LogP contribution >= 0.6 is 34.5 Å². The second-order valence-corrected chi connectivity index (χ2v) is 10.1. The second kappa shape index (κ2) is 12.1. The fraction of sp³-hybridized carbons (Fsp3) is 0.296. The molecule has 0 spiro atoms. The van der Waals surface area contributed by atoms with Crippen LogP contribution in [0.5, 0.6) is 5.75 Å². The molecule has 2 aromatic carbocycles. The van der Waals surface area contributed by atoms with Crippen molar-refractivity contribution in [2.75, 3.05) is 26.9 Å². The maximum Gasteiger partial charge on any atom is 0.338 e. The first-order valence-corrected chi connectivity index (χ1v) is 13.3. The minimum absolute atomic E-state index is 0.0877. The molecule has 2 heterocycles. The minimum Gasteiger partial charge on any atom is -0.494 e. The normalized spacial score (nSPS) is 15.4. The fourth-order valence-corrected chi connectivity index (χ4v) is 5.27. The molecular formula is C27H26Cl2N2O5S. The van der Waals surface area contributed by atoms with Gasteiger partial charge in [-0.15, -0.1) is 0 Å². The molecule has 1 aliphatic heterocycles. The molecule has 3 aromatic rings. The van der Waals surface area contributed by atoms with E-state index in [0.29, 0.717) is 43.0 Å². The van der Waals surface area contributed by atoms with Gasteiger partial charge >= 0.3 is 5.97 Å². The molecule has 10 heteroatoms. The molecule has 0 N–H and O–H groups in total. The van der Waals surface area contributed by atoms with E-state index in [-0.39, 0.29) is 18.8 Å². The van der Waals surface area contributed by atoms with E-state index in [0.717, 1.165) is 17.5 Å². The Morgan fingerprint density at radius 2 is 1.86 bits per heavy atom. The highest BCUT2D eigenvalue weighted by Gasteiger charge is 2.33. The van der Waals surface area contributed by atoms with Crippen molar-refractivity contribution in [3.05, 3.63) is 94.6 Å². The minimum atomic E-state index is -0.720. The SMILES string of the molecule is CCCOc1ccc(C2C(C(=O)OCCOC)=C(C)N=c3s/c(=C\c4ccc(Cl)c(Cl)c4)c(=O)n32)cc1. The molecule has 4 rings (SSSR count). The number of hydrogen-bond acceptors (Lipinski definition) is 7. The molecular weight excluding hydrogens is 535 g/mol. The van der Waals surface area contributed by atoms with E-state index in [4.69, 9.17) is 37.4 Å². The molecule has 194 valence electrons. The molecule has 0 radical (unpaired) electrons. The fourth-order valence-electron chi connectivity index (χ4n) is 3.91. The Bertz CT molecular complexity index is 1510. The number of aromatic nitrogens is 1. The molecule has 0 fully saturated rings. The Labute approximate surface area is 228 Å². The van der Waals surface area contributed by atoms with Gasteiger partial charge in [0.05, 0.1) is 45.1 Å². The zero-order valence-corrected chi connectivity index (χ0v) is 23.0. The number of hydrogen-bond donors (Lipinski definition) is 0. The molecule has 0 amide bonds. The van der Waals surface area contributed by atoms with Crippen LogP contribution in [0.15, 0.2) is 63.5 Å². The quantitative estimate of drug-likeness (QED) is 0.284. The lowest BCUT2D eigenvalue weighted by atomic mass is 9.96. The van der Waals surface area contributed by atoms with E-state index in [1.165, 1.54) is 23.0 Å². The summed E-state index contributed by atoms with van der Waals surface area (Å²) in [5.74, 6) is 0.163. The van der Waals surface area contributed by atoms with Gasteiger partial charge in [0.2, 0.25) is 0 Å². The van der Waals surface area contributed by atoms with Gasteiger partial charge in [-0.3, -0.25) is 9.36 Å². The number of esters is 1. The highest BCUT2D eigenvalue weighted by Crippen LogP contribution is 2.31. The van der Waals surface area contributed by atoms with Gasteiger partial charge in [-0.25, -0.2) is 9.79 Å². The number of fused-ring (bicyclic) bond motifs is 1. The van der Waals surface area contributed by atoms with Crippen LogP contribution in [0.3, 0.4) is 0 Å². The summed E-state index contributed by atoms with van der Waals surface area (Å²) < 4.78 is 18.2. The molecule has 0 saturated carbocycles. The number of carbonyl (C=O) groups is 1. The van der Waals surface area contributed by atoms with Gasteiger partial charge in [0.1, 0.15) is 12.4 Å². The number of allylic oxidation sites excluding steroid dienone is 1. The first kappa shape index (κ1) is 27.1. The highest BCUT2D eigenvalue weighted by molar-refractivity contribution is 7.07. The summed E-state index contributed by atoms with van der Waals surface area (Å²) in [6, 6.07) is 11.8. The van der Waals surface area contributed by atoms with Crippen LogP contribution in [0.4, 0.5) is 0 Å². The van der Waals surface area contributed by atoms with E-state index in [9.17, 15) is 9.59 Å². The number of halogens is 2. The first-order valence-electron chi connectivity index (χ1n) is 11.7. The van der Waals surface area contributed by atoms with Gasteiger partial charge < -0.3 is 14.2 Å². The molecule has 0 bridgehead atoms. The van der Waals surface area contributed by atoms with Crippen molar-refractivity contribution in [1.82, 2.24) is 4.57 Å². The van der Waals surface area contributed by atoms with Gasteiger partial charge in [0, 0.05) is 7.11 Å². The summed E-state index contributed by atoms with van der Waals surface area (Å²) in [5.41, 5.74) is 1.97. The Morgan fingerprint density at radius 1 is 1.11 bits per heavy atom. The van der Waals surface area contributed by atoms with Crippen molar-refractivity contribution in [3.63, 3.8) is 0 Å². The van der Waals surface area contributed by atoms with Gasteiger partial charge in [0.15, 0.2) is 4.80 Å². The second-order valence-electron chi connectivity index (χ2n) is 8.30. The molecule has 37 heavy (non-hydrogen) atoms. The van der Waals surface area contributed by atoms with Crippen molar-refractivity contribution in [2.45, 2.75) is 26.3 Å². The Kier molecular flexibility index (Phi) is 8.87. The number of benzene rings is 2. The zero-order chi connectivity index (χ0) is 26.5. The summed E-state index contributed by atoms with van der Waals surface area (Å²) >= 11 is 13.4. The lowest BCUT2D eigenvalue weighted by Crippen LogP contribution is -2.40. The van der Waals surface area contributed by atoms with Crippen LogP contribution in [0.1, 0.15) is 37.4 Å². The van der Waals surface area contributed by atoms with Crippen LogP contribution in [0.2, 0.25) is 10.0 Å². The summed E-state index contributed by atoms with van der Waals surface area (Å²) in [6.07, 6.45) is 2.62.